The Morgan fingerprint density at radius 1 is 1.26 bits per heavy atom. The molecule has 1 amide bonds. The normalized spacial score (nSPS) is 15.0. The molecule has 0 saturated carbocycles. The fourth-order valence-corrected chi connectivity index (χ4v) is 3.53. The number of fused-ring (bicyclic) bond motifs is 1. The number of para-hydroxylation sites is 1. The van der Waals surface area contributed by atoms with Crippen LogP contribution in [0.1, 0.15) is 18.5 Å². The number of hydrogen-bond donors (Lipinski definition) is 2. The molecule has 0 fully saturated rings. The highest BCUT2D eigenvalue weighted by atomic mass is 16.5. The molecule has 1 aliphatic heterocycles. The quantitative estimate of drug-likeness (QED) is 0.569. The zero-order valence-electron chi connectivity index (χ0n) is 17.3. The number of aromatic nitrogens is 3. The number of anilines is 2. The van der Waals surface area contributed by atoms with Crippen LogP contribution in [-0.2, 0) is 4.79 Å². The lowest BCUT2D eigenvalue weighted by molar-refractivity contribution is -0.113. The lowest BCUT2D eigenvalue weighted by atomic mass is 9.94. The van der Waals surface area contributed by atoms with Gasteiger partial charge in [-0.25, -0.2) is 4.68 Å². The largest absolute Gasteiger partial charge is 0.497 e. The summed E-state index contributed by atoms with van der Waals surface area (Å²) in [5.41, 5.74) is 2.67. The maximum Gasteiger partial charge on any atom is 0.255 e. The van der Waals surface area contributed by atoms with Gasteiger partial charge in [-0.1, -0.05) is 30.9 Å². The minimum absolute atomic E-state index is 0.250. The molecule has 31 heavy (non-hydrogen) atoms. The summed E-state index contributed by atoms with van der Waals surface area (Å²) in [7, 11) is 1.60. The smallest absolute Gasteiger partial charge is 0.255 e. The Kier molecular flexibility index (Phi) is 5.70. The summed E-state index contributed by atoms with van der Waals surface area (Å²) >= 11 is 0. The molecule has 1 aliphatic rings. The molecule has 3 aromatic rings. The summed E-state index contributed by atoms with van der Waals surface area (Å²) < 4.78 is 12.7. The Bertz CT molecular complexity index is 1130. The number of carbonyl (C=O) groups excluding carboxylic acids is 1. The lowest BCUT2D eigenvalue weighted by Crippen LogP contribution is -2.31. The topological polar surface area (TPSA) is 90.3 Å². The Hall–Kier alpha value is -4.07. The molecule has 0 radical (unpaired) electrons. The molecule has 158 valence electrons. The van der Waals surface area contributed by atoms with Crippen LogP contribution >= 0.6 is 0 Å². The van der Waals surface area contributed by atoms with Gasteiger partial charge < -0.3 is 20.1 Å². The van der Waals surface area contributed by atoms with Gasteiger partial charge in [0.1, 0.15) is 30.5 Å². The van der Waals surface area contributed by atoms with Crippen LogP contribution in [0.15, 0.2) is 78.8 Å². The Balaban J connectivity index is 1.74. The van der Waals surface area contributed by atoms with Gasteiger partial charge in [0.05, 0.1) is 12.7 Å². The molecule has 0 unspecified atom stereocenters. The molecule has 0 bridgehead atoms. The zero-order chi connectivity index (χ0) is 21.8. The molecule has 0 aliphatic carbocycles. The predicted molar refractivity (Wildman–Crippen MR) is 118 cm³/mol. The predicted octanol–water partition coefficient (Wildman–Crippen LogP) is 3.78. The van der Waals surface area contributed by atoms with E-state index in [-0.39, 0.29) is 5.91 Å². The highest BCUT2D eigenvalue weighted by Gasteiger charge is 2.35. The average Bonchev–Trinajstić information content (AvgIpc) is 3.25. The molecular formula is C23H23N5O3. The van der Waals surface area contributed by atoms with E-state index in [1.165, 1.54) is 6.33 Å². The van der Waals surface area contributed by atoms with Gasteiger partial charge in [-0.2, -0.15) is 10.1 Å². The fraction of sp³-hybridized carbons (Fsp3) is 0.174. The van der Waals surface area contributed by atoms with Crippen molar-refractivity contribution in [1.29, 1.82) is 0 Å². The molecule has 0 spiro atoms. The van der Waals surface area contributed by atoms with E-state index < -0.39 is 6.04 Å². The number of methoxy groups -OCH3 is 1. The number of allylic oxidation sites excluding steroid dienone is 1. The van der Waals surface area contributed by atoms with Crippen molar-refractivity contribution in [3.63, 3.8) is 0 Å². The van der Waals surface area contributed by atoms with Crippen LogP contribution in [0.2, 0.25) is 0 Å². The van der Waals surface area contributed by atoms with Crippen molar-refractivity contribution in [3.05, 3.63) is 84.3 Å². The van der Waals surface area contributed by atoms with Gasteiger partial charge in [0.15, 0.2) is 0 Å². The molecule has 0 saturated heterocycles. The van der Waals surface area contributed by atoms with Crippen LogP contribution in [0, 0.1) is 0 Å². The maximum absolute atomic E-state index is 13.4. The number of benzene rings is 2. The average molecular weight is 417 g/mol. The van der Waals surface area contributed by atoms with Crippen LogP contribution in [-0.4, -0.2) is 34.4 Å². The molecule has 2 heterocycles. The minimum atomic E-state index is -0.516. The molecule has 1 aromatic heterocycles. The van der Waals surface area contributed by atoms with E-state index in [1.807, 2.05) is 31.2 Å². The summed E-state index contributed by atoms with van der Waals surface area (Å²) in [5, 5.41) is 10.5. The standard InChI is InChI=1S/C23H23N5O3/c1-4-13-31-19-8-6-5-7-18(19)21-20(15(2)26-23-24-14-25-28(21)23)22(29)27-16-9-11-17(30-3)12-10-16/h4-12,14,21H,1,13H2,2-3H3,(H,27,29)(H,24,25,26)/t21-/m1/s1. The second kappa shape index (κ2) is 8.74. The molecule has 4 rings (SSSR count). The molecule has 8 heteroatoms. The SMILES string of the molecule is C=CCOc1ccccc1[C@@H]1C(C(=O)Nc2ccc(OC)cc2)=C(C)Nc2ncnn21. The molecule has 8 nitrogen and oxygen atoms in total. The number of nitrogens with zero attached hydrogens (tertiary/aromatic N) is 3. The maximum atomic E-state index is 13.4. The highest BCUT2D eigenvalue weighted by molar-refractivity contribution is 6.06. The van der Waals surface area contributed by atoms with Gasteiger partial charge in [0.25, 0.3) is 5.91 Å². The van der Waals surface area contributed by atoms with Crippen molar-refractivity contribution in [2.45, 2.75) is 13.0 Å². The van der Waals surface area contributed by atoms with E-state index in [0.29, 0.717) is 41.0 Å². The van der Waals surface area contributed by atoms with Gasteiger partial charge in [-0.05, 0) is 37.3 Å². The van der Waals surface area contributed by atoms with E-state index >= 15 is 0 Å². The van der Waals surface area contributed by atoms with Crippen molar-refractivity contribution in [1.82, 2.24) is 14.8 Å². The Morgan fingerprint density at radius 3 is 2.77 bits per heavy atom. The van der Waals surface area contributed by atoms with Crippen LogP contribution in [0.5, 0.6) is 11.5 Å². The third-order valence-electron chi connectivity index (χ3n) is 4.96. The molecule has 1 atom stereocenters. The van der Waals surface area contributed by atoms with Crippen molar-refractivity contribution < 1.29 is 14.3 Å². The second-order valence-electron chi connectivity index (χ2n) is 6.91. The van der Waals surface area contributed by atoms with Gasteiger partial charge in [-0.15, -0.1) is 0 Å². The number of nitrogens with one attached hydrogen (secondary N) is 2. The third kappa shape index (κ3) is 4.00. The lowest BCUT2D eigenvalue weighted by Gasteiger charge is -2.29. The van der Waals surface area contributed by atoms with Crippen molar-refractivity contribution in [2.75, 3.05) is 24.4 Å². The monoisotopic (exact) mass is 417 g/mol. The first kappa shape index (κ1) is 20.2. The molecule has 2 N–H and O–H groups in total. The van der Waals surface area contributed by atoms with Crippen molar-refractivity contribution in [2.24, 2.45) is 0 Å². The minimum Gasteiger partial charge on any atom is -0.497 e. The summed E-state index contributed by atoms with van der Waals surface area (Å²) in [6.45, 7) is 5.91. The number of carbonyl (C=O) groups is 1. The Labute approximate surface area is 180 Å². The first-order chi connectivity index (χ1) is 15.1. The van der Waals surface area contributed by atoms with Crippen LogP contribution in [0.4, 0.5) is 11.6 Å². The third-order valence-corrected chi connectivity index (χ3v) is 4.96. The summed E-state index contributed by atoms with van der Waals surface area (Å²) in [6.07, 6.45) is 3.14. The molecule has 2 aromatic carbocycles. The van der Waals surface area contributed by atoms with Crippen LogP contribution in [0.25, 0.3) is 0 Å². The zero-order valence-corrected chi connectivity index (χ0v) is 17.3. The van der Waals surface area contributed by atoms with E-state index in [4.69, 9.17) is 9.47 Å². The van der Waals surface area contributed by atoms with Crippen molar-refractivity contribution in [3.8, 4) is 11.5 Å². The van der Waals surface area contributed by atoms with Gasteiger partial charge >= 0.3 is 0 Å². The first-order valence-corrected chi connectivity index (χ1v) is 9.77. The summed E-state index contributed by atoms with van der Waals surface area (Å²) in [6, 6.07) is 14.2. The second-order valence-corrected chi connectivity index (χ2v) is 6.91. The van der Waals surface area contributed by atoms with E-state index in [1.54, 1.807) is 42.1 Å². The van der Waals surface area contributed by atoms with Crippen LogP contribution < -0.4 is 20.1 Å². The van der Waals surface area contributed by atoms with E-state index in [9.17, 15) is 4.79 Å². The van der Waals surface area contributed by atoms with Gasteiger partial charge in [0, 0.05) is 16.9 Å². The van der Waals surface area contributed by atoms with E-state index in [2.05, 4.69) is 27.3 Å². The van der Waals surface area contributed by atoms with Crippen molar-refractivity contribution >= 4 is 17.5 Å². The first-order valence-electron chi connectivity index (χ1n) is 9.77. The highest BCUT2D eigenvalue weighted by Crippen LogP contribution is 2.39. The number of amides is 1. The Morgan fingerprint density at radius 2 is 2.03 bits per heavy atom. The van der Waals surface area contributed by atoms with Crippen LogP contribution in [0.3, 0.4) is 0 Å². The number of ether oxygens (including phenoxy) is 2. The summed E-state index contributed by atoms with van der Waals surface area (Å²) in [5.74, 6) is 1.67. The molecular weight excluding hydrogens is 394 g/mol. The fourth-order valence-electron chi connectivity index (χ4n) is 3.53. The summed E-state index contributed by atoms with van der Waals surface area (Å²) in [4.78, 5) is 17.7. The number of hydrogen-bond acceptors (Lipinski definition) is 6. The van der Waals surface area contributed by atoms with Gasteiger partial charge in [0.2, 0.25) is 5.95 Å². The van der Waals surface area contributed by atoms with E-state index in [0.717, 1.165) is 5.56 Å². The number of rotatable bonds is 7. The van der Waals surface area contributed by atoms with Gasteiger partial charge in [-0.3, -0.25) is 4.79 Å².